The number of carbonyl (C=O) groups excluding carboxylic acids is 1. The van der Waals surface area contributed by atoms with Gasteiger partial charge in [-0.2, -0.15) is 0 Å². The Labute approximate surface area is 191 Å². The average Bonchev–Trinajstić information content (AvgIpc) is 3.06. The second-order valence-corrected chi connectivity index (χ2v) is 9.92. The van der Waals surface area contributed by atoms with Crippen molar-refractivity contribution >= 4 is 11.9 Å². The molecule has 1 atom stereocenters. The van der Waals surface area contributed by atoms with Crippen molar-refractivity contribution in [3.63, 3.8) is 0 Å². The standard InChI is InChI=1S/C26H35N5O/c1-29-23(18-21-8-4-2-5-9-21)19-26(24(29)32)11-16-30(17-12-26)20-22-10-13-27-25(28-22)31-14-6-3-7-15-31/h2,4-5,8-10,13,23H,3,6-7,11-12,14-20H2,1H3. The molecule has 3 saturated heterocycles. The van der Waals surface area contributed by atoms with Gasteiger partial charge < -0.3 is 9.80 Å². The summed E-state index contributed by atoms with van der Waals surface area (Å²) in [6.45, 7) is 4.89. The minimum atomic E-state index is -0.171. The van der Waals surface area contributed by atoms with Crippen molar-refractivity contribution in [1.29, 1.82) is 0 Å². The summed E-state index contributed by atoms with van der Waals surface area (Å²) in [6, 6.07) is 12.9. The van der Waals surface area contributed by atoms with Gasteiger partial charge in [-0.05, 0) is 69.7 Å². The zero-order chi connectivity index (χ0) is 22.0. The van der Waals surface area contributed by atoms with Crippen LogP contribution in [0.15, 0.2) is 42.6 Å². The molecule has 2 aromatic rings. The predicted molar refractivity (Wildman–Crippen MR) is 126 cm³/mol. The molecular weight excluding hydrogens is 398 g/mol. The number of carbonyl (C=O) groups is 1. The molecule has 3 aliphatic heterocycles. The summed E-state index contributed by atoms with van der Waals surface area (Å²) < 4.78 is 0. The van der Waals surface area contributed by atoms with Crippen LogP contribution in [-0.2, 0) is 17.8 Å². The van der Waals surface area contributed by atoms with E-state index < -0.39 is 0 Å². The van der Waals surface area contributed by atoms with Crippen LogP contribution < -0.4 is 4.90 Å². The third-order valence-corrected chi connectivity index (χ3v) is 7.80. The Bertz CT molecular complexity index is 919. The maximum absolute atomic E-state index is 13.2. The van der Waals surface area contributed by atoms with Crippen molar-refractivity contribution in [2.75, 3.05) is 38.1 Å². The summed E-state index contributed by atoms with van der Waals surface area (Å²) in [5, 5.41) is 0. The van der Waals surface area contributed by atoms with Gasteiger partial charge in [0, 0.05) is 38.9 Å². The van der Waals surface area contributed by atoms with Crippen LogP contribution in [-0.4, -0.2) is 64.9 Å². The fraction of sp³-hybridized carbons (Fsp3) is 0.577. The van der Waals surface area contributed by atoms with E-state index in [0.29, 0.717) is 11.9 Å². The average molecular weight is 434 g/mol. The molecule has 0 bridgehead atoms. The summed E-state index contributed by atoms with van der Waals surface area (Å²) in [6.07, 6.45) is 9.52. The highest BCUT2D eigenvalue weighted by Gasteiger charge is 2.51. The quantitative estimate of drug-likeness (QED) is 0.722. The Kier molecular flexibility index (Phi) is 6.13. The molecule has 1 spiro atoms. The Morgan fingerprint density at radius 1 is 1.00 bits per heavy atom. The van der Waals surface area contributed by atoms with Crippen molar-refractivity contribution < 1.29 is 4.79 Å². The van der Waals surface area contributed by atoms with Gasteiger partial charge in [0.2, 0.25) is 11.9 Å². The Morgan fingerprint density at radius 2 is 1.75 bits per heavy atom. The predicted octanol–water partition coefficient (Wildman–Crippen LogP) is 3.52. The fourth-order valence-electron chi connectivity index (χ4n) is 5.82. The normalized spacial score (nSPS) is 23.8. The van der Waals surface area contributed by atoms with E-state index in [1.165, 1.54) is 24.8 Å². The van der Waals surface area contributed by atoms with Gasteiger partial charge in [0.1, 0.15) is 0 Å². The summed E-state index contributed by atoms with van der Waals surface area (Å²) >= 11 is 0. The number of hydrogen-bond donors (Lipinski definition) is 0. The van der Waals surface area contributed by atoms with Gasteiger partial charge in [-0.15, -0.1) is 0 Å². The van der Waals surface area contributed by atoms with Crippen LogP contribution in [0.25, 0.3) is 0 Å². The number of amides is 1. The van der Waals surface area contributed by atoms with Crippen LogP contribution in [0.3, 0.4) is 0 Å². The maximum Gasteiger partial charge on any atom is 0.228 e. The Balaban J connectivity index is 1.19. The fourth-order valence-corrected chi connectivity index (χ4v) is 5.82. The smallest absolute Gasteiger partial charge is 0.228 e. The van der Waals surface area contributed by atoms with Crippen molar-refractivity contribution in [2.24, 2.45) is 5.41 Å². The van der Waals surface area contributed by atoms with Crippen LogP contribution in [0, 0.1) is 5.41 Å². The number of likely N-dealkylation sites (N-methyl/N-ethyl adjacent to an activating group) is 1. The Morgan fingerprint density at radius 3 is 2.50 bits per heavy atom. The number of likely N-dealkylation sites (tertiary alicyclic amines) is 2. The van der Waals surface area contributed by atoms with E-state index >= 15 is 0 Å². The summed E-state index contributed by atoms with van der Waals surface area (Å²) in [4.78, 5) is 29.4. The number of aromatic nitrogens is 2. The van der Waals surface area contributed by atoms with Gasteiger partial charge in [-0.1, -0.05) is 30.3 Å². The zero-order valence-electron chi connectivity index (χ0n) is 19.2. The summed E-state index contributed by atoms with van der Waals surface area (Å²) in [5.41, 5.74) is 2.24. The molecule has 3 aliphatic rings. The topological polar surface area (TPSA) is 52.6 Å². The van der Waals surface area contributed by atoms with Crippen LogP contribution >= 0.6 is 0 Å². The van der Waals surface area contributed by atoms with Crippen LogP contribution in [0.4, 0.5) is 5.95 Å². The van der Waals surface area contributed by atoms with Gasteiger partial charge in [0.15, 0.2) is 0 Å². The molecule has 170 valence electrons. The highest BCUT2D eigenvalue weighted by molar-refractivity contribution is 5.85. The van der Waals surface area contributed by atoms with Crippen LogP contribution in [0.5, 0.6) is 0 Å². The molecule has 0 aliphatic carbocycles. The van der Waals surface area contributed by atoms with E-state index in [1.54, 1.807) is 0 Å². The van der Waals surface area contributed by atoms with Crippen molar-refractivity contribution in [3.05, 3.63) is 53.9 Å². The molecule has 1 aromatic heterocycles. The molecule has 0 radical (unpaired) electrons. The Hall–Kier alpha value is -2.47. The summed E-state index contributed by atoms with van der Waals surface area (Å²) in [7, 11) is 2.00. The first kappa shape index (κ1) is 21.4. The monoisotopic (exact) mass is 433 g/mol. The summed E-state index contributed by atoms with van der Waals surface area (Å²) in [5.74, 6) is 1.24. The van der Waals surface area contributed by atoms with Gasteiger partial charge in [-0.3, -0.25) is 9.69 Å². The van der Waals surface area contributed by atoms with Crippen molar-refractivity contribution in [2.45, 2.75) is 57.5 Å². The molecule has 1 aromatic carbocycles. The number of rotatable bonds is 5. The lowest BCUT2D eigenvalue weighted by molar-refractivity contribution is -0.137. The number of piperidine rings is 2. The molecule has 0 N–H and O–H groups in total. The van der Waals surface area contributed by atoms with E-state index in [9.17, 15) is 4.79 Å². The number of anilines is 1. The van der Waals surface area contributed by atoms with Gasteiger partial charge in [0.05, 0.1) is 11.1 Å². The second kappa shape index (κ2) is 9.18. The second-order valence-electron chi connectivity index (χ2n) is 9.92. The SMILES string of the molecule is CN1C(=O)C2(CCN(Cc3ccnc(N4CCCCC4)n3)CC2)CC1Cc1ccccc1. The van der Waals surface area contributed by atoms with Crippen LogP contribution in [0.1, 0.15) is 49.8 Å². The molecule has 5 rings (SSSR count). The van der Waals surface area contributed by atoms with E-state index in [4.69, 9.17) is 4.98 Å². The van der Waals surface area contributed by atoms with E-state index in [-0.39, 0.29) is 5.41 Å². The van der Waals surface area contributed by atoms with Gasteiger partial charge in [0.25, 0.3) is 0 Å². The van der Waals surface area contributed by atoms with Crippen molar-refractivity contribution in [1.82, 2.24) is 19.8 Å². The third-order valence-electron chi connectivity index (χ3n) is 7.80. The van der Waals surface area contributed by atoms with Gasteiger partial charge >= 0.3 is 0 Å². The maximum atomic E-state index is 13.2. The largest absolute Gasteiger partial charge is 0.342 e. The zero-order valence-corrected chi connectivity index (χ0v) is 19.2. The first-order valence-electron chi connectivity index (χ1n) is 12.2. The highest BCUT2D eigenvalue weighted by Crippen LogP contribution is 2.44. The first-order valence-corrected chi connectivity index (χ1v) is 12.2. The third kappa shape index (κ3) is 4.38. The lowest BCUT2D eigenvalue weighted by Gasteiger charge is -2.37. The lowest BCUT2D eigenvalue weighted by Crippen LogP contribution is -2.44. The van der Waals surface area contributed by atoms with Crippen LogP contribution in [0.2, 0.25) is 0 Å². The van der Waals surface area contributed by atoms with Gasteiger partial charge in [-0.25, -0.2) is 9.97 Å². The molecule has 1 unspecified atom stereocenters. The minimum absolute atomic E-state index is 0.171. The molecule has 6 nitrogen and oxygen atoms in total. The first-order chi connectivity index (χ1) is 15.6. The molecule has 32 heavy (non-hydrogen) atoms. The van der Waals surface area contributed by atoms with E-state index in [2.05, 4.69) is 45.1 Å². The number of hydrogen-bond acceptors (Lipinski definition) is 5. The number of nitrogens with zero attached hydrogens (tertiary/aromatic N) is 5. The molecule has 1 amide bonds. The van der Waals surface area contributed by atoms with E-state index in [1.807, 2.05) is 24.2 Å². The molecule has 0 saturated carbocycles. The molecule has 4 heterocycles. The van der Waals surface area contributed by atoms with Crippen molar-refractivity contribution in [3.8, 4) is 0 Å². The number of benzene rings is 1. The highest BCUT2D eigenvalue weighted by atomic mass is 16.2. The molecule has 6 heteroatoms. The molecule has 3 fully saturated rings. The van der Waals surface area contributed by atoms with E-state index in [0.717, 1.165) is 70.0 Å². The molecular formula is C26H35N5O. The minimum Gasteiger partial charge on any atom is -0.342 e. The lowest BCUT2D eigenvalue weighted by atomic mass is 9.75.